The van der Waals surface area contributed by atoms with Crippen LogP contribution in [0.3, 0.4) is 0 Å². The Morgan fingerprint density at radius 2 is 2.08 bits per heavy atom. The number of furan rings is 1. The minimum Gasteiger partial charge on any atom is -0.478 e. The molecule has 1 aliphatic rings. The number of nitrogens with zero attached hydrogens (tertiary/aromatic N) is 1. The number of carboxylic acids is 1. The fourth-order valence-corrected chi connectivity index (χ4v) is 4.30. The normalized spacial score (nSPS) is 17.3. The van der Waals surface area contributed by atoms with Crippen molar-refractivity contribution in [2.24, 2.45) is 5.92 Å². The SMILES string of the molecule is CCC1CCCN(C(=O)c2ccccc2SCc2occc2C(=O)O)C1. The molecular weight excluding hydrogens is 350 g/mol. The van der Waals surface area contributed by atoms with E-state index in [4.69, 9.17) is 4.42 Å². The Kier molecular flexibility index (Phi) is 6.04. The molecule has 0 saturated carbocycles. The Morgan fingerprint density at radius 3 is 2.85 bits per heavy atom. The van der Waals surface area contributed by atoms with Gasteiger partial charge in [-0.3, -0.25) is 4.79 Å². The van der Waals surface area contributed by atoms with Crippen LogP contribution < -0.4 is 0 Å². The minimum atomic E-state index is -1.00. The van der Waals surface area contributed by atoms with Crippen molar-refractivity contribution in [3.63, 3.8) is 0 Å². The Morgan fingerprint density at radius 1 is 1.27 bits per heavy atom. The quantitative estimate of drug-likeness (QED) is 0.753. The van der Waals surface area contributed by atoms with Gasteiger partial charge in [-0.15, -0.1) is 11.8 Å². The molecule has 1 N–H and O–H groups in total. The fourth-order valence-electron chi connectivity index (χ4n) is 3.31. The van der Waals surface area contributed by atoms with Gasteiger partial charge < -0.3 is 14.4 Å². The molecule has 0 spiro atoms. The largest absolute Gasteiger partial charge is 0.478 e. The first kappa shape index (κ1) is 18.6. The number of carboxylic acid groups (broad SMARTS) is 1. The molecular formula is C20H23NO4S. The average Bonchev–Trinajstić information content (AvgIpc) is 3.15. The summed E-state index contributed by atoms with van der Waals surface area (Å²) < 4.78 is 5.30. The topological polar surface area (TPSA) is 70.8 Å². The first-order valence-electron chi connectivity index (χ1n) is 8.91. The second-order valence-corrected chi connectivity index (χ2v) is 7.53. The smallest absolute Gasteiger partial charge is 0.339 e. The van der Waals surface area contributed by atoms with Gasteiger partial charge in [0.2, 0.25) is 0 Å². The van der Waals surface area contributed by atoms with Gasteiger partial charge in [0.1, 0.15) is 11.3 Å². The van der Waals surface area contributed by atoms with Crippen LogP contribution in [0, 0.1) is 5.92 Å². The van der Waals surface area contributed by atoms with Gasteiger partial charge in [-0.25, -0.2) is 4.79 Å². The van der Waals surface area contributed by atoms with Crippen molar-refractivity contribution < 1.29 is 19.1 Å². The van der Waals surface area contributed by atoms with E-state index in [0.717, 1.165) is 30.8 Å². The maximum atomic E-state index is 13.0. The van der Waals surface area contributed by atoms with E-state index in [1.54, 1.807) is 0 Å². The summed E-state index contributed by atoms with van der Waals surface area (Å²) >= 11 is 1.43. The second kappa shape index (κ2) is 8.45. The number of aromatic carboxylic acids is 1. The van der Waals surface area contributed by atoms with Crippen LogP contribution in [0.4, 0.5) is 0 Å². The van der Waals surface area contributed by atoms with Crippen molar-refractivity contribution in [3.8, 4) is 0 Å². The van der Waals surface area contributed by atoms with Crippen LogP contribution in [0.25, 0.3) is 0 Å². The van der Waals surface area contributed by atoms with Gasteiger partial charge in [-0.1, -0.05) is 25.5 Å². The zero-order valence-electron chi connectivity index (χ0n) is 14.8. The number of rotatable bonds is 6. The first-order valence-corrected chi connectivity index (χ1v) is 9.89. The van der Waals surface area contributed by atoms with Crippen molar-refractivity contribution in [3.05, 3.63) is 53.5 Å². The number of amides is 1. The molecule has 0 bridgehead atoms. The van der Waals surface area contributed by atoms with E-state index in [1.807, 2.05) is 29.2 Å². The van der Waals surface area contributed by atoms with Crippen molar-refractivity contribution in [2.75, 3.05) is 13.1 Å². The van der Waals surface area contributed by atoms with Crippen molar-refractivity contribution in [2.45, 2.75) is 36.8 Å². The van der Waals surface area contributed by atoms with Gasteiger partial charge >= 0.3 is 5.97 Å². The molecule has 0 aliphatic carbocycles. The highest BCUT2D eigenvalue weighted by atomic mass is 32.2. The molecule has 1 atom stereocenters. The fraction of sp³-hybridized carbons (Fsp3) is 0.400. The van der Waals surface area contributed by atoms with E-state index in [-0.39, 0.29) is 11.5 Å². The number of thioether (sulfide) groups is 1. The third-order valence-corrected chi connectivity index (χ3v) is 5.91. The van der Waals surface area contributed by atoms with E-state index in [0.29, 0.717) is 23.0 Å². The van der Waals surface area contributed by atoms with Crippen LogP contribution in [0.1, 0.15) is 52.7 Å². The van der Waals surface area contributed by atoms with E-state index in [1.165, 1.54) is 30.5 Å². The maximum Gasteiger partial charge on any atom is 0.339 e. The first-order chi connectivity index (χ1) is 12.6. The summed E-state index contributed by atoms with van der Waals surface area (Å²) in [5.74, 6) is 0.417. The standard InChI is InChI=1S/C20H23NO4S/c1-2-14-6-5-10-21(12-14)19(22)16-7-3-4-8-18(16)26-13-17-15(20(23)24)9-11-25-17/h3-4,7-9,11,14H,2,5-6,10,12-13H2,1H3,(H,23,24). The van der Waals surface area contributed by atoms with Crippen LogP contribution >= 0.6 is 11.8 Å². The number of benzene rings is 1. The zero-order valence-corrected chi connectivity index (χ0v) is 15.6. The van der Waals surface area contributed by atoms with Gasteiger partial charge in [-0.05, 0) is 37.0 Å². The highest BCUT2D eigenvalue weighted by Gasteiger charge is 2.25. The number of carbonyl (C=O) groups is 2. The van der Waals surface area contributed by atoms with Crippen molar-refractivity contribution in [1.82, 2.24) is 4.90 Å². The zero-order chi connectivity index (χ0) is 18.5. The molecule has 1 fully saturated rings. The summed E-state index contributed by atoms with van der Waals surface area (Å²) in [6.07, 6.45) is 4.71. The monoisotopic (exact) mass is 373 g/mol. The summed E-state index contributed by atoms with van der Waals surface area (Å²) in [5.41, 5.74) is 0.848. The highest BCUT2D eigenvalue weighted by Crippen LogP contribution is 2.30. The molecule has 1 aliphatic heterocycles. The third kappa shape index (κ3) is 4.12. The average molecular weight is 373 g/mol. The molecule has 1 saturated heterocycles. The lowest BCUT2D eigenvalue weighted by Crippen LogP contribution is -2.39. The van der Waals surface area contributed by atoms with Crippen LogP contribution in [-0.2, 0) is 5.75 Å². The van der Waals surface area contributed by atoms with Crippen LogP contribution in [-0.4, -0.2) is 35.0 Å². The number of hydrogen-bond acceptors (Lipinski definition) is 4. The van der Waals surface area contributed by atoms with Gasteiger partial charge in [0.25, 0.3) is 5.91 Å². The van der Waals surface area contributed by atoms with E-state index in [9.17, 15) is 14.7 Å². The molecule has 2 aromatic rings. The molecule has 2 heterocycles. The van der Waals surface area contributed by atoms with Crippen molar-refractivity contribution >= 4 is 23.6 Å². The van der Waals surface area contributed by atoms with Gasteiger partial charge in [-0.2, -0.15) is 0 Å². The molecule has 1 unspecified atom stereocenters. The highest BCUT2D eigenvalue weighted by molar-refractivity contribution is 7.98. The summed E-state index contributed by atoms with van der Waals surface area (Å²) in [4.78, 5) is 27.0. The summed E-state index contributed by atoms with van der Waals surface area (Å²) in [5, 5.41) is 9.18. The van der Waals surface area contributed by atoms with Gasteiger partial charge in [0.05, 0.1) is 17.6 Å². The van der Waals surface area contributed by atoms with Gasteiger partial charge in [0, 0.05) is 18.0 Å². The van der Waals surface area contributed by atoms with Gasteiger partial charge in [0.15, 0.2) is 0 Å². The van der Waals surface area contributed by atoms with E-state index < -0.39 is 5.97 Å². The number of piperidine rings is 1. The number of carbonyl (C=O) groups excluding carboxylic acids is 1. The molecule has 1 aromatic carbocycles. The third-order valence-electron chi connectivity index (χ3n) is 4.84. The Labute approximate surface area is 157 Å². The molecule has 5 nitrogen and oxygen atoms in total. The predicted molar refractivity (Wildman–Crippen MR) is 101 cm³/mol. The maximum absolute atomic E-state index is 13.0. The number of likely N-dealkylation sites (tertiary alicyclic amines) is 1. The molecule has 26 heavy (non-hydrogen) atoms. The Bertz CT molecular complexity index is 786. The molecule has 138 valence electrons. The number of hydrogen-bond donors (Lipinski definition) is 1. The Balaban J connectivity index is 1.74. The second-order valence-electron chi connectivity index (χ2n) is 6.52. The lowest BCUT2D eigenvalue weighted by molar-refractivity contribution is 0.0665. The lowest BCUT2D eigenvalue weighted by atomic mass is 9.95. The predicted octanol–water partition coefficient (Wildman–Crippen LogP) is 4.53. The lowest BCUT2D eigenvalue weighted by Gasteiger charge is -2.32. The molecule has 6 heteroatoms. The van der Waals surface area contributed by atoms with Crippen molar-refractivity contribution in [1.29, 1.82) is 0 Å². The molecule has 3 rings (SSSR count). The van der Waals surface area contributed by atoms with Crippen LogP contribution in [0.2, 0.25) is 0 Å². The van der Waals surface area contributed by atoms with E-state index >= 15 is 0 Å². The molecule has 1 aromatic heterocycles. The molecule has 1 amide bonds. The summed E-state index contributed by atoms with van der Waals surface area (Å²) in [7, 11) is 0. The summed E-state index contributed by atoms with van der Waals surface area (Å²) in [6.45, 7) is 3.79. The van der Waals surface area contributed by atoms with Crippen LogP contribution in [0.5, 0.6) is 0 Å². The summed E-state index contributed by atoms with van der Waals surface area (Å²) in [6, 6.07) is 8.97. The van der Waals surface area contributed by atoms with Crippen LogP contribution in [0.15, 0.2) is 45.9 Å². The molecule has 0 radical (unpaired) electrons. The van der Waals surface area contributed by atoms with E-state index in [2.05, 4.69) is 6.92 Å². The Hall–Kier alpha value is -2.21. The minimum absolute atomic E-state index is 0.0594.